The number of benzene rings is 2. The second-order valence-electron chi connectivity index (χ2n) is 10.7. The number of carbonyl (C=O) groups excluding carboxylic acids is 4. The van der Waals surface area contributed by atoms with Crippen molar-refractivity contribution in [2.75, 3.05) is 25.0 Å². The number of ether oxygens (including phenoxy) is 1. The summed E-state index contributed by atoms with van der Waals surface area (Å²) in [5, 5.41) is 7.92. The largest absolute Gasteiger partial charge is 0.445 e. The lowest BCUT2D eigenvalue weighted by Gasteiger charge is -2.22. The molecular formula is C34H39N7O5. The summed E-state index contributed by atoms with van der Waals surface area (Å²) in [6, 6.07) is 15.9. The molecule has 12 nitrogen and oxygen atoms in total. The molecule has 1 aromatic heterocycles. The minimum atomic E-state index is -0.702. The molecular weight excluding hydrogens is 586 g/mol. The van der Waals surface area contributed by atoms with Crippen molar-refractivity contribution in [2.45, 2.75) is 46.3 Å². The van der Waals surface area contributed by atoms with Crippen LogP contribution in [0.4, 0.5) is 16.2 Å². The number of alkyl carbamates (subject to hydrolysis) is 1. The van der Waals surface area contributed by atoms with Crippen LogP contribution in [-0.2, 0) is 27.5 Å². The Morgan fingerprint density at radius 3 is 2.43 bits per heavy atom. The van der Waals surface area contributed by atoms with Crippen LogP contribution in [0.1, 0.15) is 60.2 Å². The Labute approximate surface area is 268 Å². The molecule has 240 valence electrons. The number of nitrogens with two attached hydrogens (primary N) is 1. The van der Waals surface area contributed by atoms with Gasteiger partial charge in [0.1, 0.15) is 19.0 Å². The number of nitrogens with zero attached hydrogens (tertiary/aromatic N) is 3. The van der Waals surface area contributed by atoms with Crippen molar-refractivity contribution in [3.8, 4) is 0 Å². The van der Waals surface area contributed by atoms with Crippen LogP contribution in [0.3, 0.4) is 0 Å². The maximum absolute atomic E-state index is 13.2. The highest BCUT2D eigenvalue weighted by Crippen LogP contribution is 2.29. The summed E-state index contributed by atoms with van der Waals surface area (Å²) in [5.41, 5.74) is 10.2. The number of fused-ring (bicyclic) bond motifs is 1. The quantitative estimate of drug-likeness (QED) is 0.220. The Hall–Kier alpha value is -5.52. The molecule has 0 radical (unpaired) electrons. The van der Waals surface area contributed by atoms with Crippen LogP contribution in [0.2, 0.25) is 0 Å². The van der Waals surface area contributed by atoms with Crippen molar-refractivity contribution in [3.05, 3.63) is 94.8 Å². The minimum Gasteiger partial charge on any atom is -0.445 e. The SMILES string of the molecule is CCCN(CCC)C(=O)C1=Cc2ccc(C(=O)Nc3cncc(CNC(=O)CNC(=O)OCc4ccccc4)c3)cc2N=C(N)C1. The van der Waals surface area contributed by atoms with Gasteiger partial charge in [-0.05, 0) is 48.2 Å². The number of carbonyl (C=O) groups is 4. The first-order chi connectivity index (χ1) is 22.2. The fourth-order valence-electron chi connectivity index (χ4n) is 4.77. The third-order valence-electron chi connectivity index (χ3n) is 6.96. The molecule has 0 bridgehead atoms. The number of amidine groups is 1. The topological polar surface area (TPSA) is 168 Å². The highest BCUT2D eigenvalue weighted by Gasteiger charge is 2.21. The van der Waals surface area contributed by atoms with Crippen LogP contribution >= 0.6 is 0 Å². The summed E-state index contributed by atoms with van der Waals surface area (Å²) in [6.45, 7) is 5.37. The summed E-state index contributed by atoms with van der Waals surface area (Å²) in [4.78, 5) is 61.0. The van der Waals surface area contributed by atoms with Gasteiger partial charge in [0.05, 0.1) is 17.6 Å². The van der Waals surface area contributed by atoms with E-state index < -0.39 is 12.0 Å². The van der Waals surface area contributed by atoms with Gasteiger partial charge in [0.2, 0.25) is 11.8 Å². The number of nitrogens with one attached hydrogen (secondary N) is 3. The Morgan fingerprint density at radius 2 is 1.70 bits per heavy atom. The Bertz CT molecular complexity index is 1620. The monoisotopic (exact) mass is 625 g/mol. The maximum atomic E-state index is 13.2. The second kappa shape index (κ2) is 16.5. The number of anilines is 1. The van der Waals surface area contributed by atoms with E-state index in [0.717, 1.165) is 18.4 Å². The zero-order valence-electron chi connectivity index (χ0n) is 26.0. The number of hydrogen-bond donors (Lipinski definition) is 4. The fraction of sp³-hybridized carbons (Fsp3) is 0.294. The maximum Gasteiger partial charge on any atom is 0.407 e. The van der Waals surface area contributed by atoms with Crippen LogP contribution in [0.15, 0.2) is 77.6 Å². The van der Waals surface area contributed by atoms with Gasteiger partial charge in [-0.1, -0.05) is 50.2 Å². The van der Waals surface area contributed by atoms with Crippen LogP contribution in [0, 0.1) is 0 Å². The van der Waals surface area contributed by atoms with Crippen molar-refractivity contribution in [1.29, 1.82) is 0 Å². The highest BCUT2D eigenvalue weighted by atomic mass is 16.5. The average molecular weight is 626 g/mol. The molecule has 0 saturated carbocycles. The molecule has 4 amide bonds. The van der Waals surface area contributed by atoms with Crippen molar-refractivity contribution in [1.82, 2.24) is 20.5 Å². The zero-order valence-corrected chi connectivity index (χ0v) is 26.0. The minimum absolute atomic E-state index is 0.0577. The van der Waals surface area contributed by atoms with E-state index in [-0.39, 0.29) is 37.9 Å². The molecule has 0 unspecified atom stereocenters. The summed E-state index contributed by atoms with van der Waals surface area (Å²) in [7, 11) is 0. The van der Waals surface area contributed by atoms with E-state index in [1.165, 1.54) is 6.20 Å². The average Bonchev–Trinajstić information content (AvgIpc) is 3.23. The lowest BCUT2D eigenvalue weighted by atomic mass is 10.0. The van der Waals surface area contributed by atoms with Crippen molar-refractivity contribution in [2.24, 2.45) is 10.7 Å². The van der Waals surface area contributed by atoms with E-state index in [0.29, 0.717) is 52.6 Å². The van der Waals surface area contributed by atoms with Crippen LogP contribution in [0.25, 0.3) is 6.08 Å². The molecule has 46 heavy (non-hydrogen) atoms. The predicted molar refractivity (Wildman–Crippen MR) is 176 cm³/mol. The summed E-state index contributed by atoms with van der Waals surface area (Å²) < 4.78 is 5.10. The Morgan fingerprint density at radius 1 is 0.935 bits per heavy atom. The molecule has 5 N–H and O–H groups in total. The van der Waals surface area contributed by atoms with E-state index in [1.54, 1.807) is 36.5 Å². The predicted octanol–water partition coefficient (Wildman–Crippen LogP) is 4.30. The van der Waals surface area contributed by atoms with Gasteiger partial charge >= 0.3 is 6.09 Å². The molecule has 1 aliphatic heterocycles. The molecule has 12 heteroatoms. The number of aliphatic imine (C=N–C) groups is 1. The molecule has 0 aliphatic carbocycles. The van der Waals surface area contributed by atoms with Gasteiger partial charge in [-0.3, -0.25) is 19.4 Å². The molecule has 2 aromatic carbocycles. The fourth-order valence-corrected chi connectivity index (χ4v) is 4.77. The van der Waals surface area contributed by atoms with Crippen LogP contribution < -0.4 is 21.7 Å². The summed E-state index contributed by atoms with van der Waals surface area (Å²) in [5.74, 6) is -0.572. The van der Waals surface area contributed by atoms with Crippen molar-refractivity contribution < 1.29 is 23.9 Å². The Balaban J connectivity index is 1.32. The van der Waals surface area contributed by atoms with E-state index in [1.807, 2.05) is 49.1 Å². The first-order valence-electron chi connectivity index (χ1n) is 15.2. The second-order valence-corrected chi connectivity index (χ2v) is 10.7. The number of hydrogen-bond acceptors (Lipinski definition) is 8. The molecule has 2 heterocycles. The molecule has 4 rings (SSSR count). The number of amides is 4. The third-order valence-corrected chi connectivity index (χ3v) is 6.96. The van der Waals surface area contributed by atoms with Crippen LogP contribution in [-0.4, -0.2) is 59.2 Å². The lowest BCUT2D eigenvalue weighted by molar-refractivity contribution is -0.127. The first kappa shape index (κ1) is 33.4. The molecule has 0 saturated heterocycles. The van der Waals surface area contributed by atoms with E-state index in [2.05, 4.69) is 25.9 Å². The first-order valence-corrected chi connectivity index (χ1v) is 15.2. The normalized spacial score (nSPS) is 12.0. The van der Waals surface area contributed by atoms with Gasteiger partial charge in [0.15, 0.2) is 0 Å². The van der Waals surface area contributed by atoms with E-state index >= 15 is 0 Å². The third kappa shape index (κ3) is 9.74. The van der Waals surface area contributed by atoms with Gasteiger partial charge in [-0.25, -0.2) is 9.79 Å². The van der Waals surface area contributed by atoms with E-state index in [4.69, 9.17) is 10.5 Å². The molecule has 1 aliphatic rings. The summed E-state index contributed by atoms with van der Waals surface area (Å²) >= 11 is 0. The number of rotatable bonds is 13. The zero-order chi connectivity index (χ0) is 32.9. The molecule has 0 atom stereocenters. The van der Waals surface area contributed by atoms with Crippen molar-refractivity contribution >= 4 is 47.1 Å². The molecule has 0 fully saturated rings. The highest BCUT2D eigenvalue weighted by molar-refractivity contribution is 6.08. The van der Waals surface area contributed by atoms with Gasteiger partial charge in [0, 0.05) is 49.0 Å². The van der Waals surface area contributed by atoms with Gasteiger partial charge < -0.3 is 31.3 Å². The standard InChI is InChI=1S/C34H39N7O5/c1-3-12-41(13-4-2)33(44)27-15-25-10-11-26(16-29(25)40-30(35)17-27)32(43)39-28-14-24(18-36-20-28)19-37-31(42)21-38-34(45)46-22-23-8-6-5-7-9-23/h5-11,14-16,18,20H,3-4,12-13,17,19,21-22H2,1-2H3,(H2,35,40)(H,37,42)(H,38,45)(H,39,43). The number of pyridine rings is 1. The molecule has 0 spiro atoms. The van der Waals surface area contributed by atoms with E-state index in [9.17, 15) is 19.2 Å². The number of aromatic nitrogens is 1. The molecule has 3 aromatic rings. The summed E-state index contributed by atoms with van der Waals surface area (Å²) in [6.07, 6.45) is 6.09. The van der Waals surface area contributed by atoms with Gasteiger partial charge in [-0.2, -0.15) is 0 Å². The smallest absolute Gasteiger partial charge is 0.407 e. The van der Waals surface area contributed by atoms with Crippen molar-refractivity contribution in [3.63, 3.8) is 0 Å². The van der Waals surface area contributed by atoms with Gasteiger partial charge in [-0.15, -0.1) is 0 Å². The van der Waals surface area contributed by atoms with Gasteiger partial charge in [0.25, 0.3) is 5.91 Å². The lowest BCUT2D eigenvalue weighted by Crippen LogP contribution is -2.36. The van der Waals surface area contributed by atoms with Crippen LogP contribution in [0.5, 0.6) is 0 Å². The Kier molecular flexibility index (Phi) is 12.0.